The number of carbonyl (C=O) groups is 1. The van der Waals surface area contributed by atoms with Crippen LogP contribution in [-0.2, 0) is 38.0 Å². The van der Waals surface area contributed by atoms with Crippen molar-refractivity contribution in [2.24, 2.45) is 0 Å². The molecular weight excluding hydrogens is 1050 g/mol. The Hall–Kier alpha value is -5.75. The number of hydrogen-bond donors (Lipinski definition) is 17. The van der Waals surface area contributed by atoms with Crippen LogP contribution in [0.4, 0.5) is 0 Å². The molecule has 5 heterocycles. The van der Waals surface area contributed by atoms with Crippen LogP contribution in [0.3, 0.4) is 0 Å². The molecule has 0 amide bonds. The number of aliphatic hydroxyl groups is 15. The Balaban J connectivity index is 1.08. The molecule has 0 spiro atoms. The van der Waals surface area contributed by atoms with Gasteiger partial charge in [0, 0.05) is 18.2 Å². The van der Waals surface area contributed by atoms with Gasteiger partial charge in [-0.2, -0.15) is 0 Å². The van der Waals surface area contributed by atoms with E-state index in [0.29, 0.717) is 0 Å². The number of aromatic hydroxyl groups is 4. The second-order valence-electron chi connectivity index (χ2n) is 18.6. The van der Waals surface area contributed by atoms with Gasteiger partial charge in [-0.05, 0) is 42.0 Å². The Kier molecular flexibility index (Phi) is 18.5. The van der Waals surface area contributed by atoms with Crippen molar-refractivity contribution in [2.75, 3.05) is 33.5 Å². The van der Waals surface area contributed by atoms with Crippen molar-refractivity contribution in [3.63, 3.8) is 0 Å². The second-order valence-corrected chi connectivity index (χ2v) is 18.6. The SMILES string of the molecule is COc1cc(C2[OH+]c3cc(O)cc(OC4OC(CO)C(O)C(O)C4O)c3C=C2OC2OC(COC(=O)C=Cc3ccc(OC4OC(CO)C(O)C(O)C4O)c(O)c3)C(O)C(O)C2OC2OC(CO)C(O)C(O)C2O)ccc1O. The predicted octanol–water partition coefficient (Wildman–Crippen LogP) is -5.59. The molecule has 0 bridgehead atoms. The van der Waals surface area contributed by atoms with Crippen molar-refractivity contribution in [2.45, 2.75) is 129 Å². The molecule has 3 aromatic rings. The van der Waals surface area contributed by atoms with Crippen molar-refractivity contribution in [1.82, 2.24) is 0 Å². The molecule has 0 saturated carbocycles. The maximum Gasteiger partial charge on any atom is 0.330 e. The second kappa shape index (κ2) is 24.7. The van der Waals surface area contributed by atoms with Gasteiger partial charge in [-0.15, -0.1) is 0 Å². The van der Waals surface area contributed by atoms with E-state index in [1.807, 2.05) is 0 Å². The van der Waals surface area contributed by atoms with Crippen molar-refractivity contribution < 1.29 is 144 Å². The third kappa shape index (κ3) is 12.2. The van der Waals surface area contributed by atoms with E-state index >= 15 is 0 Å². The maximum absolute atomic E-state index is 13.2. The van der Waals surface area contributed by atoms with Crippen LogP contribution < -0.4 is 14.2 Å². The quantitative estimate of drug-likeness (QED) is 0.0340. The number of phenols is 3. The van der Waals surface area contributed by atoms with Crippen molar-refractivity contribution in [3.8, 4) is 40.2 Å². The monoisotopic (exact) mass is 1110 g/mol. The van der Waals surface area contributed by atoms with Crippen LogP contribution in [0, 0.1) is 0 Å². The Morgan fingerprint density at radius 2 is 1.12 bits per heavy atom. The van der Waals surface area contributed by atoms with Gasteiger partial charge in [0.15, 0.2) is 41.2 Å². The minimum Gasteiger partial charge on any atom is -0.571 e. The zero-order chi connectivity index (χ0) is 56.4. The number of carbonyl (C=O) groups excluding carboxylic acids is 1. The molecule has 21 atom stereocenters. The van der Waals surface area contributed by atoms with Crippen LogP contribution in [0.1, 0.15) is 22.8 Å². The summed E-state index contributed by atoms with van der Waals surface area (Å²) in [6, 6.07) is 10.00. The maximum atomic E-state index is 13.2. The first-order valence-electron chi connectivity index (χ1n) is 24.1. The minimum absolute atomic E-state index is 0.0152. The van der Waals surface area contributed by atoms with Crippen molar-refractivity contribution in [3.05, 3.63) is 77.1 Å². The first-order valence-corrected chi connectivity index (χ1v) is 24.1. The normalized spacial score (nSPS) is 36.9. The average Bonchev–Trinajstić information content (AvgIpc) is 3.44. The fourth-order valence-electron chi connectivity index (χ4n) is 9.02. The summed E-state index contributed by atoms with van der Waals surface area (Å²) in [4.78, 5) is 13.2. The van der Waals surface area contributed by atoms with Gasteiger partial charge >= 0.3 is 5.97 Å². The molecule has 29 heteroatoms. The highest BCUT2D eigenvalue weighted by molar-refractivity contribution is 5.87. The summed E-state index contributed by atoms with van der Waals surface area (Å²) in [5, 5.41) is 179. The Morgan fingerprint density at radius 1 is 0.564 bits per heavy atom. The molecule has 78 heavy (non-hydrogen) atoms. The van der Waals surface area contributed by atoms with Gasteiger partial charge in [-0.25, -0.2) is 4.79 Å². The predicted molar refractivity (Wildman–Crippen MR) is 252 cm³/mol. The van der Waals surface area contributed by atoms with E-state index in [0.717, 1.165) is 18.2 Å². The average molecular weight is 1110 g/mol. The van der Waals surface area contributed by atoms with Crippen LogP contribution in [0.15, 0.2) is 60.4 Å². The number of fused-ring (bicyclic) bond motifs is 1. The lowest BCUT2D eigenvalue weighted by Crippen LogP contribution is -2.64. The molecule has 0 aliphatic carbocycles. The fourth-order valence-corrected chi connectivity index (χ4v) is 9.02. The summed E-state index contributed by atoms with van der Waals surface area (Å²) in [5.74, 6) is -3.20. The Bertz CT molecular complexity index is 2590. The summed E-state index contributed by atoms with van der Waals surface area (Å²) in [7, 11) is 1.27. The van der Waals surface area contributed by atoms with Crippen LogP contribution in [-0.4, -0.2) is 254 Å². The molecule has 18 N–H and O–H groups in total. The van der Waals surface area contributed by atoms with Crippen LogP contribution in [0.2, 0.25) is 0 Å². The number of phenolic OH excluding ortho intramolecular Hbond substituents is 3. The van der Waals surface area contributed by atoms with E-state index in [1.165, 1.54) is 55.7 Å². The van der Waals surface area contributed by atoms with Crippen LogP contribution in [0.5, 0.6) is 40.2 Å². The zero-order valence-electron chi connectivity index (χ0n) is 40.8. The van der Waals surface area contributed by atoms with Gasteiger partial charge in [-0.3, -0.25) is 0 Å². The Labute approximate surface area is 440 Å². The van der Waals surface area contributed by atoms with Gasteiger partial charge in [0.1, 0.15) is 115 Å². The van der Waals surface area contributed by atoms with E-state index < -0.39 is 173 Å². The molecule has 4 fully saturated rings. The number of hydrogen-bond acceptors (Lipinski definition) is 28. The number of aliphatic hydroxyl groups excluding tert-OH is 14. The summed E-state index contributed by atoms with van der Waals surface area (Å²) in [5.41, 5.74) is 0.388. The van der Waals surface area contributed by atoms with Crippen LogP contribution in [0.25, 0.3) is 12.2 Å². The van der Waals surface area contributed by atoms with Crippen LogP contribution >= 0.6 is 0 Å². The van der Waals surface area contributed by atoms with Gasteiger partial charge in [0.2, 0.25) is 18.9 Å². The Morgan fingerprint density at radius 3 is 1.69 bits per heavy atom. The third-order valence-corrected chi connectivity index (χ3v) is 13.5. The van der Waals surface area contributed by atoms with E-state index in [1.54, 1.807) is 0 Å². The minimum atomic E-state index is -2.12. The van der Waals surface area contributed by atoms with Crippen molar-refractivity contribution >= 4 is 18.1 Å². The number of esters is 1. The smallest absolute Gasteiger partial charge is 0.330 e. The van der Waals surface area contributed by atoms with Gasteiger partial charge in [-0.1, -0.05) is 6.07 Å². The van der Waals surface area contributed by atoms with E-state index in [-0.39, 0.29) is 51.2 Å². The molecule has 5 aliphatic heterocycles. The number of methoxy groups -OCH3 is 1. The summed E-state index contributed by atoms with van der Waals surface area (Å²) in [6.45, 7) is -3.25. The largest absolute Gasteiger partial charge is 0.571 e. The molecule has 0 aromatic heterocycles. The van der Waals surface area contributed by atoms with E-state index in [2.05, 4.69) is 0 Å². The molecule has 5 aliphatic rings. The van der Waals surface area contributed by atoms with Gasteiger partial charge < -0.3 is 139 Å². The third-order valence-electron chi connectivity index (χ3n) is 13.5. The van der Waals surface area contributed by atoms with Gasteiger partial charge in [0.05, 0.1) is 38.6 Å². The lowest BCUT2D eigenvalue weighted by atomic mass is 9.97. The fraction of sp³-hybridized carbons (Fsp3) is 0.531. The molecule has 29 nitrogen and oxygen atoms in total. The number of benzene rings is 3. The molecule has 0 radical (unpaired) electrons. The highest BCUT2D eigenvalue weighted by atomic mass is 16.8. The first-order chi connectivity index (χ1) is 37.2. The van der Waals surface area contributed by atoms with E-state index in [4.69, 9.17) is 52.1 Å². The zero-order valence-corrected chi connectivity index (χ0v) is 40.8. The highest BCUT2D eigenvalue weighted by Gasteiger charge is 2.53. The topological polar surface area (TPSA) is 466 Å². The highest BCUT2D eigenvalue weighted by Crippen LogP contribution is 2.48. The summed E-state index contributed by atoms with van der Waals surface area (Å²) >= 11 is 0. The standard InChI is InChI=1S/C49H60O29/c1-68-26-9-18(4-5-21(26)54)44-27(12-20-24(70-44)10-19(53)11-25(20)72-47-42(66)38(62)34(58)29(14-51)75-47)73-49-45(78-48-43(67)39(63)35(59)30(15-52)76-48)40(64)36(60)31(77-49)16-69-32(56)7-3-17-2-6-23(22(55)8-17)71-46-41(65)37(61)33(57)28(13-50)74-46/h2-12,28-31,33-55,57-67H,13-16H2,1H3/p+1. The first kappa shape index (κ1) is 58.4. The van der Waals surface area contributed by atoms with E-state index in [9.17, 15) is 91.6 Å². The van der Waals surface area contributed by atoms with Crippen molar-refractivity contribution in [1.29, 1.82) is 0 Å². The number of rotatable bonds is 17. The summed E-state index contributed by atoms with van der Waals surface area (Å²) < 4.78 is 61.8. The number of ether oxygens (including phenoxy) is 11. The summed E-state index contributed by atoms with van der Waals surface area (Å²) in [6.07, 6.45) is -34.0. The molecule has 430 valence electrons. The molecule has 4 saturated heterocycles. The lowest BCUT2D eigenvalue weighted by molar-refractivity contribution is -0.364. The van der Waals surface area contributed by atoms with Gasteiger partial charge in [0.25, 0.3) is 11.9 Å². The molecule has 8 rings (SSSR count). The molecule has 21 unspecified atom stereocenters. The molecule has 3 aromatic carbocycles. The lowest BCUT2D eigenvalue weighted by Gasteiger charge is -2.46. The molecular formula is C49H61O29+.